The molecule has 0 bridgehead atoms. The molecule has 1 aromatic rings. The first-order valence-electron chi connectivity index (χ1n) is 5.37. The van der Waals surface area contributed by atoms with Crippen LogP contribution in [0.2, 0.25) is 0 Å². The second-order valence-electron chi connectivity index (χ2n) is 3.86. The zero-order valence-electron chi connectivity index (χ0n) is 10.6. The minimum absolute atomic E-state index is 0.388. The van der Waals surface area contributed by atoms with Crippen LogP contribution in [-0.4, -0.2) is 38.3 Å². The third-order valence-electron chi connectivity index (χ3n) is 2.23. The van der Waals surface area contributed by atoms with Crippen molar-refractivity contribution in [3.05, 3.63) is 10.6 Å². The van der Waals surface area contributed by atoms with E-state index in [1.54, 1.807) is 7.11 Å². The molecular formula is C11H18N2O3S. The van der Waals surface area contributed by atoms with Gasteiger partial charge in [0, 0.05) is 18.5 Å². The van der Waals surface area contributed by atoms with Gasteiger partial charge in [-0.1, -0.05) is 6.92 Å². The Morgan fingerprint density at radius 1 is 1.53 bits per heavy atom. The molecule has 1 atom stereocenters. The topological polar surface area (TPSA) is 60.5 Å². The van der Waals surface area contributed by atoms with Gasteiger partial charge in [0.2, 0.25) is 0 Å². The van der Waals surface area contributed by atoms with E-state index in [0.29, 0.717) is 18.2 Å². The average Bonchev–Trinajstić information content (AvgIpc) is 2.67. The van der Waals surface area contributed by atoms with Crippen molar-refractivity contribution in [2.75, 3.05) is 32.7 Å². The maximum absolute atomic E-state index is 11.4. The van der Waals surface area contributed by atoms with Crippen LogP contribution in [0, 0.1) is 12.8 Å². The third kappa shape index (κ3) is 3.98. The van der Waals surface area contributed by atoms with Crippen LogP contribution < -0.4 is 5.32 Å². The number of esters is 1. The molecule has 0 aliphatic heterocycles. The van der Waals surface area contributed by atoms with Gasteiger partial charge in [-0.15, -0.1) is 11.3 Å². The van der Waals surface area contributed by atoms with Gasteiger partial charge >= 0.3 is 5.97 Å². The Kier molecular flexibility index (Phi) is 5.37. The first kappa shape index (κ1) is 13.9. The number of methoxy groups -OCH3 is 2. The lowest BCUT2D eigenvalue weighted by atomic mass is 10.2. The fourth-order valence-electron chi connectivity index (χ4n) is 1.36. The van der Waals surface area contributed by atoms with Gasteiger partial charge in [0.15, 0.2) is 10.8 Å². The first-order valence-corrected chi connectivity index (χ1v) is 6.18. The number of carbonyl (C=O) groups is 1. The normalized spacial score (nSPS) is 12.2. The summed E-state index contributed by atoms with van der Waals surface area (Å²) in [5, 5.41) is 3.93. The zero-order valence-corrected chi connectivity index (χ0v) is 11.4. The van der Waals surface area contributed by atoms with Gasteiger partial charge in [-0.25, -0.2) is 9.78 Å². The number of thiazole rings is 1. The summed E-state index contributed by atoms with van der Waals surface area (Å²) < 4.78 is 9.70. The Hall–Kier alpha value is -1.14. The van der Waals surface area contributed by atoms with Crippen LogP contribution in [-0.2, 0) is 9.47 Å². The Morgan fingerprint density at radius 3 is 2.82 bits per heavy atom. The van der Waals surface area contributed by atoms with E-state index in [1.165, 1.54) is 18.4 Å². The predicted molar refractivity (Wildman–Crippen MR) is 67.7 cm³/mol. The predicted octanol–water partition coefficient (Wildman–Crippen LogP) is 1.93. The van der Waals surface area contributed by atoms with E-state index in [9.17, 15) is 4.79 Å². The van der Waals surface area contributed by atoms with Gasteiger partial charge in [-0.2, -0.15) is 0 Å². The molecule has 1 unspecified atom stereocenters. The van der Waals surface area contributed by atoms with E-state index in [4.69, 9.17) is 4.74 Å². The van der Waals surface area contributed by atoms with Gasteiger partial charge < -0.3 is 14.8 Å². The maximum atomic E-state index is 11.4. The molecular weight excluding hydrogens is 240 g/mol. The summed E-state index contributed by atoms with van der Waals surface area (Å²) in [6.45, 7) is 5.40. The molecule has 0 aliphatic carbocycles. The average molecular weight is 258 g/mol. The molecule has 0 amide bonds. The second-order valence-corrected chi connectivity index (χ2v) is 5.06. The van der Waals surface area contributed by atoms with Crippen LogP contribution in [0.4, 0.5) is 5.13 Å². The van der Waals surface area contributed by atoms with Crippen LogP contribution in [0.1, 0.15) is 22.3 Å². The number of hydrogen-bond donors (Lipinski definition) is 1. The Morgan fingerprint density at radius 2 is 2.24 bits per heavy atom. The third-order valence-corrected chi connectivity index (χ3v) is 3.16. The lowest BCUT2D eigenvalue weighted by Gasteiger charge is -2.09. The van der Waals surface area contributed by atoms with E-state index in [0.717, 1.165) is 16.6 Å². The molecule has 1 aromatic heterocycles. The number of rotatable bonds is 6. The lowest BCUT2D eigenvalue weighted by Crippen LogP contribution is -2.15. The van der Waals surface area contributed by atoms with Crippen LogP contribution in [0.25, 0.3) is 0 Å². The Bertz CT molecular complexity index is 379. The van der Waals surface area contributed by atoms with Crippen LogP contribution in [0.15, 0.2) is 0 Å². The zero-order chi connectivity index (χ0) is 12.8. The molecule has 6 heteroatoms. The maximum Gasteiger partial charge on any atom is 0.357 e. The van der Waals surface area contributed by atoms with Gasteiger partial charge in [0.25, 0.3) is 0 Å². The van der Waals surface area contributed by atoms with E-state index in [1.807, 2.05) is 6.92 Å². The summed E-state index contributed by atoms with van der Waals surface area (Å²) in [7, 11) is 3.04. The van der Waals surface area contributed by atoms with E-state index in [2.05, 4.69) is 22.0 Å². The van der Waals surface area contributed by atoms with Crippen LogP contribution in [0.5, 0.6) is 0 Å². The summed E-state index contributed by atoms with van der Waals surface area (Å²) in [4.78, 5) is 16.4. The van der Waals surface area contributed by atoms with Gasteiger partial charge in [0.05, 0.1) is 13.7 Å². The molecule has 0 spiro atoms. The molecule has 0 fully saturated rings. The fraction of sp³-hybridized carbons (Fsp3) is 0.636. The Labute approximate surface area is 105 Å². The SMILES string of the molecule is COCC(C)CNc1nc(C(=O)OC)c(C)s1. The minimum atomic E-state index is -0.392. The number of nitrogens with zero attached hydrogens (tertiary/aromatic N) is 1. The van der Waals surface area contributed by atoms with Crippen molar-refractivity contribution in [2.45, 2.75) is 13.8 Å². The number of anilines is 1. The van der Waals surface area contributed by atoms with Crippen molar-refractivity contribution in [2.24, 2.45) is 5.92 Å². The molecule has 0 aromatic carbocycles. The molecule has 17 heavy (non-hydrogen) atoms. The van der Waals surface area contributed by atoms with E-state index in [-0.39, 0.29) is 0 Å². The number of carbonyl (C=O) groups excluding carboxylic acids is 1. The standard InChI is InChI=1S/C11H18N2O3S/c1-7(6-15-3)5-12-11-13-9(8(2)17-11)10(14)16-4/h7H,5-6H2,1-4H3,(H,12,13). The molecule has 5 nitrogen and oxygen atoms in total. The van der Waals surface area contributed by atoms with Crippen molar-refractivity contribution in [3.63, 3.8) is 0 Å². The number of nitrogens with one attached hydrogen (secondary N) is 1. The number of hydrogen-bond acceptors (Lipinski definition) is 6. The summed E-state index contributed by atoms with van der Waals surface area (Å²) >= 11 is 1.45. The number of aryl methyl sites for hydroxylation is 1. The van der Waals surface area contributed by atoms with Crippen LogP contribution >= 0.6 is 11.3 Å². The summed E-state index contributed by atoms with van der Waals surface area (Å²) in [5.74, 6) is 0.00234. The largest absolute Gasteiger partial charge is 0.464 e. The molecule has 1 rings (SSSR count). The highest BCUT2D eigenvalue weighted by Gasteiger charge is 2.15. The molecule has 0 saturated carbocycles. The monoisotopic (exact) mass is 258 g/mol. The first-order chi connectivity index (χ1) is 8.08. The van der Waals surface area contributed by atoms with Crippen molar-refractivity contribution in [1.82, 2.24) is 4.98 Å². The molecule has 1 heterocycles. The summed E-state index contributed by atoms with van der Waals surface area (Å²) in [5.41, 5.74) is 0.388. The smallest absolute Gasteiger partial charge is 0.357 e. The fourth-order valence-corrected chi connectivity index (χ4v) is 2.17. The highest BCUT2D eigenvalue weighted by Crippen LogP contribution is 2.22. The van der Waals surface area contributed by atoms with E-state index < -0.39 is 5.97 Å². The second kappa shape index (κ2) is 6.56. The lowest BCUT2D eigenvalue weighted by molar-refractivity contribution is 0.0594. The quantitative estimate of drug-likeness (QED) is 0.790. The minimum Gasteiger partial charge on any atom is -0.464 e. The Balaban J connectivity index is 2.58. The summed E-state index contributed by atoms with van der Waals surface area (Å²) in [6, 6.07) is 0. The number of ether oxygens (including phenoxy) is 2. The molecule has 0 radical (unpaired) electrons. The molecule has 96 valence electrons. The van der Waals surface area contributed by atoms with Gasteiger partial charge in [-0.05, 0) is 12.8 Å². The van der Waals surface area contributed by atoms with Crippen molar-refractivity contribution in [3.8, 4) is 0 Å². The molecule has 0 saturated heterocycles. The highest BCUT2D eigenvalue weighted by atomic mass is 32.1. The van der Waals surface area contributed by atoms with Crippen molar-refractivity contribution >= 4 is 22.4 Å². The number of aromatic nitrogens is 1. The molecule has 0 aliphatic rings. The van der Waals surface area contributed by atoms with Crippen molar-refractivity contribution in [1.29, 1.82) is 0 Å². The van der Waals surface area contributed by atoms with Gasteiger partial charge in [0.1, 0.15) is 0 Å². The van der Waals surface area contributed by atoms with Crippen LogP contribution in [0.3, 0.4) is 0 Å². The summed E-state index contributed by atoms with van der Waals surface area (Å²) in [6.07, 6.45) is 0. The van der Waals surface area contributed by atoms with Gasteiger partial charge in [-0.3, -0.25) is 0 Å². The molecule has 1 N–H and O–H groups in total. The van der Waals surface area contributed by atoms with E-state index >= 15 is 0 Å². The highest BCUT2D eigenvalue weighted by molar-refractivity contribution is 7.15. The van der Waals surface area contributed by atoms with Crippen molar-refractivity contribution < 1.29 is 14.3 Å².